The zero-order valence-corrected chi connectivity index (χ0v) is 16.3. The number of para-hydroxylation sites is 1. The van der Waals surface area contributed by atoms with Crippen molar-refractivity contribution in [3.8, 4) is 5.69 Å². The quantitative estimate of drug-likeness (QED) is 0.528. The van der Waals surface area contributed by atoms with Crippen molar-refractivity contribution >= 4 is 41.2 Å². The summed E-state index contributed by atoms with van der Waals surface area (Å²) in [6, 6.07) is 10.3. The molecule has 1 saturated carbocycles. The van der Waals surface area contributed by atoms with E-state index in [1.165, 1.54) is 23.1 Å². The highest BCUT2D eigenvalue weighted by atomic mass is 32.2. The van der Waals surface area contributed by atoms with Crippen molar-refractivity contribution in [2.45, 2.75) is 37.1 Å². The van der Waals surface area contributed by atoms with Gasteiger partial charge in [0.2, 0.25) is 5.91 Å². The van der Waals surface area contributed by atoms with Gasteiger partial charge in [0.1, 0.15) is 0 Å². The molecule has 128 valence electrons. The topological polar surface area (TPSA) is 38.1 Å². The highest BCUT2D eigenvalue weighted by Gasteiger charge is 2.32. The van der Waals surface area contributed by atoms with Gasteiger partial charge in [-0.05, 0) is 43.1 Å². The van der Waals surface area contributed by atoms with Crippen LogP contribution in [-0.4, -0.2) is 38.9 Å². The first kappa shape index (κ1) is 17.6. The Balaban J connectivity index is 1.64. The number of hydrogen-bond acceptors (Lipinski definition) is 5. The number of hydrogen-bond donors (Lipinski definition) is 0. The maximum Gasteiger partial charge on any atom is 0.233 e. The molecule has 1 fully saturated rings. The van der Waals surface area contributed by atoms with Gasteiger partial charge in [-0.25, -0.2) is 4.68 Å². The molecule has 1 aliphatic carbocycles. The van der Waals surface area contributed by atoms with E-state index < -0.39 is 0 Å². The van der Waals surface area contributed by atoms with Crippen LogP contribution in [0.3, 0.4) is 0 Å². The molecule has 0 bridgehead atoms. The maximum atomic E-state index is 12.5. The molecule has 2 aromatic rings. The molecule has 1 heterocycles. The number of amides is 1. The van der Waals surface area contributed by atoms with Gasteiger partial charge in [0.15, 0.2) is 8.29 Å². The van der Waals surface area contributed by atoms with Gasteiger partial charge in [-0.1, -0.05) is 55.1 Å². The number of carbonyl (C=O) groups excluding carboxylic acids is 1. The van der Waals surface area contributed by atoms with E-state index in [1.54, 1.807) is 4.68 Å². The first-order valence-electron chi connectivity index (χ1n) is 8.12. The van der Waals surface area contributed by atoms with Crippen LogP contribution in [0.25, 0.3) is 5.69 Å². The van der Waals surface area contributed by atoms with Crippen molar-refractivity contribution in [2.75, 3.05) is 12.3 Å². The Kier molecular flexibility index (Phi) is 5.73. The predicted molar refractivity (Wildman–Crippen MR) is 103 cm³/mol. The summed E-state index contributed by atoms with van der Waals surface area (Å²) in [4.78, 5) is 14.6. The summed E-state index contributed by atoms with van der Waals surface area (Å²) in [5.41, 5.74) is 0.955. The SMILES string of the molecule is CC(C)CN(C(=O)CSc1nn(-c2ccccc2)c(=S)s1)C1CC1. The molecule has 0 radical (unpaired) electrons. The molecule has 0 N–H and O–H groups in total. The molecule has 0 atom stereocenters. The van der Waals surface area contributed by atoms with Crippen molar-refractivity contribution in [1.29, 1.82) is 0 Å². The average molecular weight is 380 g/mol. The normalized spacial score (nSPS) is 14.1. The molecular weight excluding hydrogens is 358 g/mol. The van der Waals surface area contributed by atoms with Gasteiger partial charge >= 0.3 is 0 Å². The van der Waals surface area contributed by atoms with E-state index in [2.05, 4.69) is 18.9 Å². The third-order valence-electron chi connectivity index (χ3n) is 3.72. The molecule has 7 heteroatoms. The molecule has 0 saturated heterocycles. The summed E-state index contributed by atoms with van der Waals surface area (Å²) in [6.07, 6.45) is 2.29. The number of aromatic nitrogens is 2. The molecule has 1 amide bonds. The molecule has 0 unspecified atom stereocenters. The van der Waals surface area contributed by atoms with Crippen molar-refractivity contribution in [3.63, 3.8) is 0 Å². The van der Waals surface area contributed by atoms with Crippen LogP contribution < -0.4 is 0 Å². The van der Waals surface area contributed by atoms with Crippen LogP contribution >= 0.6 is 35.3 Å². The van der Waals surface area contributed by atoms with Crippen molar-refractivity contribution in [2.24, 2.45) is 5.92 Å². The second-order valence-electron chi connectivity index (χ2n) is 6.34. The van der Waals surface area contributed by atoms with Gasteiger partial charge < -0.3 is 4.90 Å². The summed E-state index contributed by atoms with van der Waals surface area (Å²) in [7, 11) is 0. The van der Waals surface area contributed by atoms with Gasteiger partial charge in [-0.15, -0.1) is 5.10 Å². The lowest BCUT2D eigenvalue weighted by Gasteiger charge is -2.24. The number of carbonyl (C=O) groups is 1. The van der Waals surface area contributed by atoms with Gasteiger partial charge in [-0.3, -0.25) is 4.79 Å². The minimum atomic E-state index is 0.212. The van der Waals surface area contributed by atoms with E-state index in [0.29, 0.717) is 21.7 Å². The van der Waals surface area contributed by atoms with E-state index in [1.807, 2.05) is 35.2 Å². The Morgan fingerprint density at radius 1 is 1.42 bits per heavy atom. The van der Waals surface area contributed by atoms with E-state index >= 15 is 0 Å². The second-order valence-corrected chi connectivity index (χ2v) is 9.19. The minimum Gasteiger partial charge on any atom is -0.339 e. The third-order valence-corrected chi connectivity index (χ3v) is 6.07. The van der Waals surface area contributed by atoms with Crippen LogP contribution in [0.15, 0.2) is 34.7 Å². The Bertz CT molecular complexity index is 750. The van der Waals surface area contributed by atoms with Crippen molar-refractivity contribution in [1.82, 2.24) is 14.7 Å². The molecule has 1 aliphatic rings. The van der Waals surface area contributed by atoms with Crippen molar-refractivity contribution < 1.29 is 4.79 Å². The standard InChI is InChI=1S/C17H21N3OS3/c1-12(2)10-19(13-8-9-13)15(21)11-23-16-18-20(17(22)24-16)14-6-4-3-5-7-14/h3-7,12-13H,8-11H2,1-2H3. The fourth-order valence-electron chi connectivity index (χ4n) is 2.49. The third kappa shape index (κ3) is 4.46. The molecule has 4 nitrogen and oxygen atoms in total. The smallest absolute Gasteiger partial charge is 0.233 e. The summed E-state index contributed by atoms with van der Waals surface area (Å²) in [5, 5.41) is 4.56. The lowest BCUT2D eigenvalue weighted by Crippen LogP contribution is -2.37. The molecule has 0 aliphatic heterocycles. The van der Waals surface area contributed by atoms with Crippen LogP contribution in [-0.2, 0) is 4.79 Å². The minimum absolute atomic E-state index is 0.212. The van der Waals surface area contributed by atoms with E-state index in [9.17, 15) is 4.79 Å². The Labute approximate surface area is 155 Å². The number of benzene rings is 1. The Hall–Kier alpha value is -1.18. The molecule has 3 rings (SSSR count). The molecule has 0 spiro atoms. The van der Waals surface area contributed by atoms with E-state index in [-0.39, 0.29) is 5.91 Å². The van der Waals surface area contributed by atoms with Gasteiger partial charge in [0, 0.05) is 12.6 Å². The fourth-order valence-corrected chi connectivity index (χ4v) is 4.74. The maximum absolute atomic E-state index is 12.5. The van der Waals surface area contributed by atoms with Crippen LogP contribution in [0.4, 0.5) is 0 Å². The molecular formula is C17H21N3OS3. The van der Waals surface area contributed by atoms with Crippen LogP contribution in [0.2, 0.25) is 0 Å². The lowest BCUT2D eigenvalue weighted by atomic mass is 10.2. The lowest BCUT2D eigenvalue weighted by molar-refractivity contribution is -0.129. The fraction of sp³-hybridized carbons (Fsp3) is 0.471. The Morgan fingerprint density at radius 2 is 2.12 bits per heavy atom. The number of thioether (sulfide) groups is 1. The molecule has 1 aromatic heterocycles. The second kappa shape index (κ2) is 7.80. The monoisotopic (exact) mass is 379 g/mol. The predicted octanol–water partition coefficient (Wildman–Crippen LogP) is 4.40. The summed E-state index contributed by atoms with van der Waals surface area (Å²) >= 11 is 8.35. The highest BCUT2D eigenvalue weighted by molar-refractivity contribution is 8.01. The van der Waals surface area contributed by atoms with Gasteiger partial charge in [0.25, 0.3) is 0 Å². The number of nitrogens with zero attached hydrogens (tertiary/aromatic N) is 3. The number of rotatable bonds is 7. The van der Waals surface area contributed by atoms with E-state index in [0.717, 1.165) is 29.4 Å². The van der Waals surface area contributed by atoms with Crippen LogP contribution in [0, 0.1) is 9.87 Å². The zero-order chi connectivity index (χ0) is 17.1. The summed E-state index contributed by atoms with van der Waals surface area (Å²) < 4.78 is 3.31. The largest absolute Gasteiger partial charge is 0.339 e. The summed E-state index contributed by atoms with van der Waals surface area (Å²) in [5.74, 6) is 1.14. The van der Waals surface area contributed by atoms with Gasteiger partial charge in [-0.2, -0.15) is 0 Å². The molecule has 1 aromatic carbocycles. The van der Waals surface area contributed by atoms with Crippen LogP contribution in [0.5, 0.6) is 0 Å². The van der Waals surface area contributed by atoms with E-state index in [4.69, 9.17) is 12.2 Å². The van der Waals surface area contributed by atoms with Gasteiger partial charge in [0.05, 0.1) is 11.4 Å². The average Bonchev–Trinajstić information content (AvgIpc) is 3.34. The first-order valence-corrected chi connectivity index (χ1v) is 10.3. The molecule has 24 heavy (non-hydrogen) atoms. The summed E-state index contributed by atoms with van der Waals surface area (Å²) in [6.45, 7) is 5.16. The zero-order valence-electron chi connectivity index (χ0n) is 13.8. The highest BCUT2D eigenvalue weighted by Crippen LogP contribution is 2.30. The Morgan fingerprint density at radius 3 is 2.75 bits per heavy atom. The van der Waals surface area contributed by atoms with Crippen LogP contribution in [0.1, 0.15) is 26.7 Å². The first-order chi connectivity index (χ1) is 11.5. The van der Waals surface area contributed by atoms with Crippen molar-refractivity contribution in [3.05, 3.63) is 34.3 Å².